The summed E-state index contributed by atoms with van der Waals surface area (Å²) in [6.07, 6.45) is 2.16. The Morgan fingerprint density at radius 1 is 1.42 bits per heavy atom. The maximum absolute atomic E-state index is 12.6. The summed E-state index contributed by atoms with van der Waals surface area (Å²) < 4.78 is 0. The van der Waals surface area contributed by atoms with Gasteiger partial charge in [-0.3, -0.25) is 4.79 Å². The van der Waals surface area contributed by atoms with E-state index in [0.29, 0.717) is 6.42 Å². The Morgan fingerprint density at radius 3 is 2.42 bits per heavy atom. The van der Waals surface area contributed by atoms with Gasteiger partial charge >= 0.3 is 0 Å². The molecule has 0 saturated heterocycles. The Kier molecular flexibility index (Phi) is 4.83. The van der Waals surface area contributed by atoms with Crippen LogP contribution in [0, 0.1) is 23.2 Å². The molecular formula is C16H24O3. The molecule has 0 aliphatic heterocycles. The molecule has 1 rings (SSSR count). The molecule has 3 nitrogen and oxygen atoms in total. The minimum atomic E-state index is -1.04. The first-order valence-electron chi connectivity index (χ1n) is 6.91. The minimum absolute atomic E-state index is 0.0146. The molecule has 1 fully saturated rings. The van der Waals surface area contributed by atoms with E-state index in [1.807, 2.05) is 20.8 Å². The van der Waals surface area contributed by atoms with Gasteiger partial charge in [0.1, 0.15) is 17.9 Å². The van der Waals surface area contributed by atoms with E-state index < -0.39 is 5.41 Å². The van der Waals surface area contributed by atoms with Gasteiger partial charge in [-0.2, -0.15) is 0 Å². The zero-order chi connectivity index (χ0) is 14.8. The van der Waals surface area contributed by atoms with Gasteiger partial charge in [0, 0.05) is 12.3 Å². The van der Waals surface area contributed by atoms with Crippen LogP contribution in [0.5, 0.6) is 0 Å². The standard InChI is InChI=1S/C16H24O3/c1-10(2)14-8-11(3)13(5)15(19)16(14,9-17)7-6-12(4)18/h9,11,13-14H,1,6-8H2,2-5H3/t11-,13+,14+,16-/m1/s1. The molecule has 0 amide bonds. The summed E-state index contributed by atoms with van der Waals surface area (Å²) in [6, 6.07) is 0. The Balaban J connectivity index is 3.18. The molecule has 0 aromatic heterocycles. The number of hydrogen-bond donors (Lipinski definition) is 0. The highest BCUT2D eigenvalue weighted by Gasteiger charge is 2.52. The van der Waals surface area contributed by atoms with E-state index in [2.05, 4.69) is 6.58 Å². The molecular weight excluding hydrogens is 240 g/mol. The lowest BCUT2D eigenvalue weighted by Gasteiger charge is -2.44. The van der Waals surface area contributed by atoms with E-state index in [0.717, 1.165) is 18.3 Å². The fourth-order valence-electron chi connectivity index (χ4n) is 3.16. The molecule has 0 spiro atoms. The number of aldehydes is 1. The van der Waals surface area contributed by atoms with Crippen LogP contribution >= 0.6 is 0 Å². The van der Waals surface area contributed by atoms with Crippen molar-refractivity contribution in [2.75, 3.05) is 0 Å². The summed E-state index contributed by atoms with van der Waals surface area (Å²) in [5.41, 5.74) is -0.175. The highest BCUT2D eigenvalue weighted by atomic mass is 16.1. The maximum atomic E-state index is 12.6. The normalized spacial score (nSPS) is 34.9. The molecule has 1 saturated carbocycles. The monoisotopic (exact) mass is 264 g/mol. The van der Waals surface area contributed by atoms with E-state index in [-0.39, 0.29) is 35.7 Å². The van der Waals surface area contributed by atoms with Gasteiger partial charge in [0.25, 0.3) is 0 Å². The van der Waals surface area contributed by atoms with E-state index in [9.17, 15) is 14.4 Å². The number of rotatable bonds is 5. The van der Waals surface area contributed by atoms with Gasteiger partial charge in [-0.05, 0) is 38.5 Å². The Hall–Kier alpha value is -1.25. The highest BCUT2D eigenvalue weighted by molar-refractivity contribution is 6.01. The van der Waals surface area contributed by atoms with E-state index in [1.165, 1.54) is 6.92 Å². The average Bonchev–Trinajstić information content (AvgIpc) is 2.34. The van der Waals surface area contributed by atoms with Crippen molar-refractivity contribution in [3.05, 3.63) is 12.2 Å². The smallest absolute Gasteiger partial charge is 0.149 e. The zero-order valence-electron chi connectivity index (χ0n) is 12.4. The molecule has 0 radical (unpaired) electrons. The molecule has 4 atom stereocenters. The van der Waals surface area contributed by atoms with Crippen LogP contribution in [0.15, 0.2) is 12.2 Å². The van der Waals surface area contributed by atoms with E-state index in [4.69, 9.17) is 0 Å². The quantitative estimate of drug-likeness (QED) is 0.436. The third-order valence-electron chi connectivity index (χ3n) is 4.65. The highest BCUT2D eigenvalue weighted by Crippen LogP contribution is 2.48. The second-order valence-corrected chi connectivity index (χ2v) is 6.13. The van der Waals surface area contributed by atoms with Crippen LogP contribution in [0.2, 0.25) is 0 Å². The Bertz CT molecular complexity index is 410. The van der Waals surface area contributed by atoms with Gasteiger partial charge in [0.15, 0.2) is 0 Å². The molecule has 0 aromatic carbocycles. The Labute approximate surface area is 115 Å². The van der Waals surface area contributed by atoms with Crippen LogP contribution in [0.25, 0.3) is 0 Å². The van der Waals surface area contributed by atoms with Crippen molar-refractivity contribution in [2.45, 2.75) is 47.0 Å². The summed E-state index contributed by atoms with van der Waals surface area (Å²) in [7, 11) is 0. The van der Waals surface area contributed by atoms with Crippen LogP contribution in [0.1, 0.15) is 47.0 Å². The maximum Gasteiger partial charge on any atom is 0.149 e. The van der Waals surface area contributed by atoms with Crippen LogP contribution in [-0.2, 0) is 14.4 Å². The van der Waals surface area contributed by atoms with Gasteiger partial charge in [-0.1, -0.05) is 26.0 Å². The molecule has 1 aliphatic carbocycles. The Morgan fingerprint density at radius 2 is 2.00 bits per heavy atom. The van der Waals surface area contributed by atoms with Gasteiger partial charge in [-0.15, -0.1) is 0 Å². The zero-order valence-corrected chi connectivity index (χ0v) is 12.4. The summed E-state index contributed by atoms with van der Waals surface area (Å²) in [4.78, 5) is 35.6. The first kappa shape index (κ1) is 15.8. The van der Waals surface area contributed by atoms with Gasteiger partial charge in [-0.25, -0.2) is 0 Å². The second-order valence-electron chi connectivity index (χ2n) is 6.13. The fraction of sp³-hybridized carbons (Fsp3) is 0.688. The van der Waals surface area contributed by atoms with Crippen molar-refractivity contribution >= 4 is 17.9 Å². The topological polar surface area (TPSA) is 51.2 Å². The first-order chi connectivity index (χ1) is 8.76. The van der Waals surface area contributed by atoms with Crippen molar-refractivity contribution < 1.29 is 14.4 Å². The first-order valence-corrected chi connectivity index (χ1v) is 6.91. The van der Waals surface area contributed by atoms with Crippen molar-refractivity contribution in [3.8, 4) is 0 Å². The summed E-state index contributed by atoms with van der Waals surface area (Å²) >= 11 is 0. The summed E-state index contributed by atoms with van der Waals surface area (Å²) in [5, 5.41) is 0. The second kappa shape index (κ2) is 5.81. The molecule has 0 N–H and O–H groups in total. The number of carbonyl (C=O) groups excluding carboxylic acids is 3. The van der Waals surface area contributed by atoms with Crippen molar-refractivity contribution in [2.24, 2.45) is 23.2 Å². The lowest BCUT2D eigenvalue weighted by atomic mass is 9.56. The number of Topliss-reactive ketones (excluding diaryl/α,β-unsaturated/α-hetero) is 2. The van der Waals surface area contributed by atoms with Gasteiger partial charge in [0.05, 0.1) is 5.41 Å². The van der Waals surface area contributed by atoms with Crippen LogP contribution in [-0.4, -0.2) is 17.9 Å². The van der Waals surface area contributed by atoms with Crippen molar-refractivity contribution in [1.29, 1.82) is 0 Å². The predicted octanol–water partition coefficient (Wildman–Crippen LogP) is 2.98. The number of carbonyl (C=O) groups is 3. The molecule has 1 aliphatic rings. The number of ketones is 2. The van der Waals surface area contributed by atoms with Crippen LogP contribution in [0.4, 0.5) is 0 Å². The number of allylic oxidation sites excluding steroid dienone is 1. The lowest BCUT2D eigenvalue weighted by Crippen LogP contribution is -2.50. The summed E-state index contributed by atoms with van der Waals surface area (Å²) in [5.74, 6) is -0.0216. The fourth-order valence-corrected chi connectivity index (χ4v) is 3.16. The van der Waals surface area contributed by atoms with Gasteiger partial charge < -0.3 is 9.59 Å². The van der Waals surface area contributed by atoms with E-state index >= 15 is 0 Å². The predicted molar refractivity (Wildman–Crippen MR) is 74.7 cm³/mol. The minimum Gasteiger partial charge on any atom is -0.302 e. The molecule has 3 heteroatoms. The molecule has 106 valence electrons. The third kappa shape index (κ3) is 2.85. The summed E-state index contributed by atoms with van der Waals surface area (Å²) in [6.45, 7) is 11.2. The molecule has 0 heterocycles. The van der Waals surface area contributed by atoms with Crippen molar-refractivity contribution in [1.82, 2.24) is 0 Å². The average molecular weight is 264 g/mol. The molecule has 19 heavy (non-hydrogen) atoms. The SMILES string of the molecule is C=C(C)[C@@H]1C[C@@H](C)[C@H](C)C(=O)[C@@]1(C=O)CCC(C)=O. The van der Waals surface area contributed by atoms with Crippen LogP contribution < -0.4 is 0 Å². The van der Waals surface area contributed by atoms with E-state index in [1.54, 1.807) is 0 Å². The molecule has 0 aromatic rings. The van der Waals surface area contributed by atoms with Crippen LogP contribution in [0.3, 0.4) is 0 Å². The molecule has 0 unspecified atom stereocenters. The third-order valence-corrected chi connectivity index (χ3v) is 4.65. The number of hydrogen-bond acceptors (Lipinski definition) is 3. The van der Waals surface area contributed by atoms with Crippen molar-refractivity contribution in [3.63, 3.8) is 0 Å². The largest absolute Gasteiger partial charge is 0.302 e. The molecule has 0 bridgehead atoms. The lowest BCUT2D eigenvalue weighted by molar-refractivity contribution is -0.147. The van der Waals surface area contributed by atoms with Gasteiger partial charge in [0.2, 0.25) is 0 Å².